The van der Waals surface area contributed by atoms with Gasteiger partial charge in [0.05, 0.1) is 18.8 Å². The summed E-state index contributed by atoms with van der Waals surface area (Å²) in [5, 5.41) is 11.1. The Kier molecular flexibility index (Phi) is 2.23. The quantitative estimate of drug-likeness (QED) is 0.836. The molecule has 15 heavy (non-hydrogen) atoms. The third kappa shape index (κ3) is 1.39. The van der Waals surface area contributed by atoms with Gasteiger partial charge < -0.3 is 10.1 Å². The van der Waals surface area contributed by atoms with E-state index in [4.69, 9.17) is 4.74 Å². The third-order valence-electron chi connectivity index (χ3n) is 2.73. The van der Waals surface area contributed by atoms with Crippen molar-refractivity contribution in [2.75, 3.05) is 20.2 Å². The lowest BCUT2D eigenvalue weighted by Crippen LogP contribution is -2.28. The fraction of sp³-hybridized carbons (Fsp3) is 0.500. The highest BCUT2D eigenvalue weighted by Crippen LogP contribution is 2.31. The third-order valence-corrected chi connectivity index (χ3v) is 3.52. The van der Waals surface area contributed by atoms with Crippen LogP contribution in [0.4, 0.5) is 0 Å². The fourth-order valence-corrected chi connectivity index (χ4v) is 2.87. The Morgan fingerprint density at radius 1 is 1.73 bits per heavy atom. The van der Waals surface area contributed by atoms with Gasteiger partial charge in [-0.2, -0.15) is 5.10 Å². The van der Waals surface area contributed by atoms with Gasteiger partial charge in [0.25, 0.3) is 0 Å². The Morgan fingerprint density at radius 3 is 3.53 bits per heavy atom. The summed E-state index contributed by atoms with van der Waals surface area (Å²) in [4.78, 5) is 1.12. The molecule has 0 saturated heterocycles. The molecule has 80 valence electrons. The van der Waals surface area contributed by atoms with Crippen molar-refractivity contribution in [2.24, 2.45) is 0 Å². The Labute approximate surface area is 91.8 Å². The van der Waals surface area contributed by atoms with Gasteiger partial charge in [0.15, 0.2) is 0 Å². The number of likely N-dealkylation sites (N-methyl/N-ethyl adjacent to an activating group) is 1. The Bertz CT molecular complexity index is 476. The summed E-state index contributed by atoms with van der Waals surface area (Å²) in [6.45, 7) is 2.47. The molecule has 1 atom stereocenters. The van der Waals surface area contributed by atoms with Crippen molar-refractivity contribution in [3.63, 3.8) is 0 Å². The van der Waals surface area contributed by atoms with Crippen LogP contribution in [0.3, 0.4) is 0 Å². The molecule has 1 aliphatic rings. The largest absolute Gasteiger partial charge is 0.369 e. The molecular formula is C10H13N3OS. The van der Waals surface area contributed by atoms with Crippen LogP contribution in [0.15, 0.2) is 11.4 Å². The predicted molar refractivity (Wildman–Crippen MR) is 60.2 cm³/mol. The SMILES string of the molecule is CNC[C@@H]1OCCn2nc3sccc3c21. The lowest BCUT2D eigenvalue weighted by atomic mass is 10.1. The van der Waals surface area contributed by atoms with E-state index in [1.54, 1.807) is 11.3 Å². The molecule has 0 aromatic carbocycles. The number of nitrogens with zero attached hydrogens (tertiary/aromatic N) is 2. The number of hydrogen-bond donors (Lipinski definition) is 1. The van der Waals surface area contributed by atoms with E-state index in [2.05, 4.69) is 26.5 Å². The molecule has 2 aromatic rings. The van der Waals surface area contributed by atoms with E-state index >= 15 is 0 Å². The van der Waals surface area contributed by atoms with Crippen molar-refractivity contribution >= 4 is 21.6 Å². The predicted octanol–water partition coefficient (Wildman–Crippen LogP) is 1.39. The molecule has 0 spiro atoms. The molecule has 0 aliphatic carbocycles. The highest BCUT2D eigenvalue weighted by molar-refractivity contribution is 7.16. The molecule has 3 heterocycles. The average Bonchev–Trinajstić information content (AvgIpc) is 2.77. The van der Waals surface area contributed by atoms with Gasteiger partial charge in [-0.25, -0.2) is 0 Å². The van der Waals surface area contributed by atoms with E-state index in [0.29, 0.717) is 0 Å². The van der Waals surface area contributed by atoms with Crippen molar-refractivity contribution in [1.82, 2.24) is 15.1 Å². The van der Waals surface area contributed by atoms with Crippen molar-refractivity contribution in [3.8, 4) is 0 Å². The van der Waals surface area contributed by atoms with Gasteiger partial charge in [-0.1, -0.05) is 0 Å². The molecule has 1 aliphatic heterocycles. The minimum atomic E-state index is 0.142. The summed E-state index contributed by atoms with van der Waals surface area (Å²) in [6, 6.07) is 2.14. The number of rotatable bonds is 2. The van der Waals surface area contributed by atoms with Gasteiger partial charge in [-0.15, -0.1) is 11.3 Å². The zero-order valence-electron chi connectivity index (χ0n) is 8.56. The summed E-state index contributed by atoms with van der Waals surface area (Å²) in [5.74, 6) is 0. The lowest BCUT2D eigenvalue weighted by molar-refractivity contribution is 0.0195. The highest BCUT2D eigenvalue weighted by Gasteiger charge is 2.25. The van der Waals surface area contributed by atoms with E-state index in [0.717, 1.165) is 24.5 Å². The summed E-state index contributed by atoms with van der Waals surface area (Å²) < 4.78 is 7.85. The molecule has 3 rings (SSSR count). The zero-order chi connectivity index (χ0) is 10.3. The second-order valence-electron chi connectivity index (χ2n) is 3.66. The second kappa shape index (κ2) is 3.59. The minimum absolute atomic E-state index is 0.142. The first kappa shape index (κ1) is 9.33. The number of fused-ring (bicyclic) bond motifs is 3. The van der Waals surface area contributed by atoms with Crippen LogP contribution in [-0.4, -0.2) is 30.0 Å². The smallest absolute Gasteiger partial charge is 0.145 e. The van der Waals surface area contributed by atoms with Crippen LogP contribution in [0.25, 0.3) is 10.2 Å². The van der Waals surface area contributed by atoms with Gasteiger partial charge in [-0.3, -0.25) is 4.68 Å². The highest BCUT2D eigenvalue weighted by atomic mass is 32.1. The van der Waals surface area contributed by atoms with Gasteiger partial charge in [0, 0.05) is 11.9 Å². The number of ether oxygens (including phenoxy) is 1. The van der Waals surface area contributed by atoms with Crippen molar-refractivity contribution < 1.29 is 4.74 Å². The molecule has 0 saturated carbocycles. The van der Waals surface area contributed by atoms with Gasteiger partial charge in [-0.05, 0) is 18.5 Å². The fourth-order valence-electron chi connectivity index (χ4n) is 2.09. The minimum Gasteiger partial charge on any atom is -0.369 e. The molecule has 0 radical (unpaired) electrons. The average molecular weight is 223 g/mol. The topological polar surface area (TPSA) is 39.1 Å². The van der Waals surface area contributed by atoms with E-state index in [-0.39, 0.29) is 6.10 Å². The summed E-state index contributed by atoms with van der Waals surface area (Å²) >= 11 is 1.69. The second-order valence-corrected chi connectivity index (χ2v) is 4.56. The van der Waals surface area contributed by atoms with Crippen LogP contribution in [0, 0.1) is 0 Å². The monoisotopic (exact) mass is 223 g/mol. The summed E-state index contributed by atoms with van der Waals surface area (Å²) in [6.07, 6.45) is 0.142. The van der Waals surface area contributed by atoms with Crippen molar-refractivity contribution in [1.29, 1.82) is 0 Å². The van der Waals surface area contributed by atoms with Crippen LogP contribution < -0.4 is 5.32 Å². The van der Waals surface area contributed by atoms with Crippen molar-refractivity contribution in [2.45, 2.75) is 12.6 Å². The van der Waals surface area contributed by atoms with E-state index in [1.165, 1.54) is 11.1 Å². The van der Waals surface area contributed by atoms with Gasteiger partial charge in [0.2, 0.25) is 0 Å². The van der Waals surface area contributed by atoms with Crippen LogP contribution >= 0.6 is 11.3 Å². The molecule has 0 fully saturated rings. The molecule has 4 nitrogen and oxygen atoms in total. The van der Waals surface area contributed by atoms with Gasteiger partial charge >= 0.3 is 0 Å². The molecule has 0 unspecified atom stereocenters. The number of hydrogen-bond acceptors (Lipinski definition) is 4. The molecule has 0 bridgehead atoms. The lowest BCUT2D eigenvalue weighted by Gasteiger charge is -2.24. The first-order valence-corrected chi connectivity index (χ1v) is 5.98. The van der Waals surface area contributed by atoms with Crippen LogP contribution in [0.5, 0.6) is 0 Å². The maximum atomic E-state index is 5.76. The van der Waals surface area contributed by atoms with Crippen LogP contribution in [0.2, 0.25) is 0 Å². The molecule has 2 aromatic heterocycles. The van der Waals surface area contributed by atoms with E-state index in [9.17, 15) is 0 Å². The Morgan fingerprint density at radius 2 is 2.67 bits per heavy atom. The first-order chi connectivity index (χ1) is 7.40. The molecule has 5 heteroatoms. The van der Waals surface area contributed by atoms with Crippen LogP contribution in [0.1, 0.15) is 11.8 Å². The zero-order valence-corrected chi connectivity index (χ0v) is 9.38. The van der Waals surface area contributed by atoms with Crippen molar-refractivity contribution in [3.05, 3.63) is 17.1 Å². The van der Waals surface area contributed by atoms with E-state index < -0.39 is 0 Å². The maximum Gasteiger partial charge on any atom is 0.145 e. The van der Waals surface area contributed by atoms with Crippen LogP contribution in [-0.2, 0) is 11.3 Å². The maximum absolute atomic E-state index is 5.76. The van der Waals surface area contributed by atoms with Gasteiger partial charge in [0.1, 0.15) is 10.9 Å². The molecular weight excluding hydrogens is 210 g/mol. The molecule has 1 N–H and O–H groups in total. The number of thiophene rings is 1. The Balaban J connectivity index is 2.13. The number of nitrogens with one attached hydrogen (secondary N) is 1. The summed E-state index contributed by atoms with van der Waals surface area (Å²) in [5.41, 5.74) is 1.23. The number of aromatic nitrogens is 2. The normalized spacial score (nSPS) is 20.7. The standard InChI is InChI=1S/C10H13N3OS/c1-11-6-8-9-7-2-5-15-10(7)12-13(9)3-4-14-8/h2,5,8,11H,3-4,6H2,1H3/t8-/m0/s1. The Hall–Kier alpha value is -0.910. The summed E-state index contributed by atoms with van der Waals surface area (Å²) in [7, 11) is 1.95. The molecule has 0 amide bonds. The first-order valence-electron chi connectivity index (χ1n) is 5.10. The van der Waals surface area contributed by atoms with E-state index in [1.807, 2.05) is 7.05 Å².